The topological polar surface area (TPSA) is 71.3 Å². The molecule has 3 atom stereocenters. The predicted molar refractivity (Wildman–Crippen MR) is 72.2 cm³/mol. The van der Waals surface area contributed by atoms with Gasteiger partial charge in [-0.1, -0.05) is 6.92 Å². The highest BCUT2D eigenvalue weighted by Crippen LogP contribution is 2.39. The van der Waals surface area contributed by atoms with Crippen molar-refractivity contribution in [3.63, 3.8) is 0 Å². The van der Waals surface area contributed by atoms with E-state index in [1.54, 1.807) is 6.07 Å². The van der Waals surface area contributed by atoms with Crippen molar-refractivity contribution in [3.8, 4) is 0 Å². The van der Waals surface area contributed by atoms with Gasteiger partial charge in [0.05, 0.1) is 0 Å². The second kappa shape index (κ2) is 4.77. The van der Waals surface area contributed by atoms with Crippen molar-refractivity contribution in [1.29, 1.82) is 0 Å². The molecule has 0 radical (unpaired) electrons. The standard InChI is InChI=1S/C13H18N4O2/c1-2-11-10-7-14-6-9(10)8-16(11)12-4-3-5-15-13(12)17(18)19/h3-5,9-11,14H,2,6-8H2,1H3. The zero-order valence-corrected chi connectivity index (χ0v) is 11.0. The largest absolute Gasteiger partial charge is 0.387 e. The molecule has 1 aromatic rings. The Labute approximate surface area is 112 Å². The van der Waals surface area contributed by atoms with E-state index in [0.717, 1.165) is 26.1 Å². The molecule has 6 nitrogen and oxygen atoms in total. The number of fused-ring (bicyclic) bond motifs is 1. The van der Waals surface area contributed by atoms with Crippen LogP contribution in [0.5, 0.6) is 0 Å². The lowest BCUT2D eigenvalue weighted by atomic mass is 9.93. The molecule has 19 heavy (non-hydrogen) atoms. The highest BCUT2D eigenvalue weighted by atomic mass is 16.6. The minimum Gasteiger partial charge on any atom is -0.361 e. The Morgan fingerprint density at radius 2 is 2.42 bits per heavy atom. The van der Waals surface area contributed by atoms with Gasteiger partial charge >= 0.3 is 5.82 Å². The molecular formula is C13H18N4O2. The van der Waals surface area contributed by atoms with E-state index < -0.39 is 0 Å². The van der Waals surface area contributed by atoms with Crippen molar-refractivity contribution >= 4 is 11.5 Å². The van der Waals surface area contributed by atoms with Crippen molar-refractivity contribution in [2.45, 2.75) is 19.4 Å². The van der Waals surface area contributed by atoms with Crippen molar-refractivity contribution in [2.24, 2.45) is 11.8 Å². The Morgan fingerprint density at radius 1 is 1.58 bits per heavy atom. The molecule has 1 N–H and O–H groups in total. The zero-order chi connectivity index (χ0) is 13.4. The van der Waals surface area contributed by atoms with E-state index in [9.17, 15) is 10.1 Å². The molecule has 2 fully saturated rings. The second-order valence-electron chi connectivity index (χ2n) is 5.31. The fourth-order valence-electron chi connectivity index (χ4n) is 3.58. The molecule has 1 aromatic heterocycles. The fraction of sp³-hybridized carbons (Fsp3) is 0.615. The molecule has 0 spiro atoms. The first-order chi connectivity index (χ1) is 9.22. The molecule has 3 heterocycles. The number of hydrogen-bond acceptors (Lipinski definition) is 5. The van der Waals surface area contributed by atoms with E-state index >= 15 is 0 Å². The van der Waals surface area contributed by atoms with E-state index in [0.29, 0.717) is 23.6 Å². The van der Waals surface area contributed by atoms with Crippen molar-refractivity contribution in [3.05, 3.63) is 28.4 Å². The first-order valence-corrected chi connectivity index (χ1v) is 6.79. The van der Waals surface area contributed by atoms with Gasteiger partial charge in [0.25, 0.3) is 0 Å². The van der Waals surface area contributed by atoms with Crippen LogP contribution >= 0.6 is 0 Å². The highest BCUT2D eigenvalue weighted by Gasteiger charge is 2.44. The van der Waals surface area contributed by atoms with E-state index in [1.807, 2.05) is 6.07 Å². The lowest BCUT2D eigenvalue weighted by molar-refractivity contribution is -0.388. The van der Waals surface area contributed by atoms with E-state index in [-0.39, 0.29) is 10.7 Å². The summed E-state index contributed by atoms with van der Waals surface area (Å²) in [4.78, 5) is 16.9. The lowest BCUT2D eigenvalue weighted by Crippen LogP contribution is -2.35. The SMILES string of the molecule is CCC1C2CNCC2CN1c1cccnc1[N+](=O)[O-]. The number of rotatable bonds is 3. The summed E-state index contributed by atoms with van der Waals surface area (Å²) in [7, 11) is 0. The molecule has 3 unspecified atom stereocenters. The van der Waals surface area contributed by atoms with E-state index in [1.165, 1.54) is 6.20 Å². The van der Waals surface area contributed by atoms with Crippen LogP contribution in [0.3, 0.4) is 0 Å². The zero-order valence-electron chi connectivity index (χ0n) is 11.0. The summed E-state index contributed by atoms with van der Waals surface area (Å²) < 4.78 is 0. The Bertz CT molecular complexity index is 493. The van der Waals surface area contributed by atoms with Crippen LogP contribution in [0.4, 0.5) is 11.5 Å². The maximum absolute atomic E-state index is 11.1. The molecular weight excluding hydrogens is 244 g/mol. The molecule has 6 heteroatoms. The van der Waals surface area contributed by atoms with E-state index in [2.05, 4.69) is 22.1 Å². The maximum atomic E-state index is 11.1. The van der Waals surface area contributed by atoms with Gasteiger partial charge in [0.15, 0.2) is 0 Å². The number of nitrogens with zero attached hydrogens (tertiary/aromatic N) is 3. The number of aromatic nitrogens is 1. The lowest BCUT2D eigenvalue weighted by Gasteiger charge is -2.28. The van der Waals surface area contributed by atoms with Gasteiger partial charge in [0, 0.05) is 25.7 Å². The minimum atomic E-state index is -0.381. The molecule has 2 aliphatic rings. The summed E-state index contributed by atoms with van der Waals surface area (Å²) in [6.45, 7) is 5.09. The summed E-state index contributed by atoms with van der Waals surface area (Å²) in [5.41, 5.74) is 0.675. The van der Waals surface area contributed by atoms with Gasteiger partial charge in [-0.2, -0.15) is 0 Å². The van der Waals surface area contributed by atoms with Crippen LogP contribution in [-0.2, 0) is 0 Å². The molecule has 2 aliphatic heterocycles. The summed E-state index contributed by atoms with van der Waals surface area (Å²) >= 11 is 0. The number of nitrogens with one attached hydrogen (secondary N) is 1. The molecule has 0 amide bonds. The smallest absolute Gasteiger partial charge is 0.361 e. The number of pyridine rings is 1. The van der Waals surface area contributed by atoms with Gasteiger partial charge in [-0.05, 0) is 40.3 Å². The van der Waals surface area contributed by atoms with Crippen LogP contribution in [0.15, 0.2) is 18.3 Å². The molecule has 0 saturated carbocycles. The number of nitro groups is 1. The quantitative estimate of drug-likeness (QED) is 0.659. The Kier molecular flexibility index (Phi) is 3.10. The number of hydrogen-bond donors (Lipinski definition) is 1. The van der Waals surface area contributed by atoms with Gasteiger partial charge in [-0.3, -0.25) is 0 Å². The monoisotopic (exact) mass is 262 g/mol. The van der Waals surface area contributed by atoms with Gasteiger partial charge in [-0.25, -0.2) is 0 Å². The number of anilines is 1. The summed E-state index contributed by atoms with van der Waals surface area (Å²) in [5, 5.41) is 14.5. The minimum absolute atomic E-state index is 0.0196. The molecule has 0 aliphatic carbocycles. The van der Waals surface area contributed by atoms with Crippen LogP contribution in [0, 0.1) is 22.0 Å². The summed E-state index contributed by atoms with van der Waals surface area (Å²) in [5.74, 6) is 1.18. The third-order valence-electron chi connectivity index (χ3n) is 4.38. The second-order valence-corrected chi connectivity index (χ2v) is 5.31. The van der Waals surface area contributed by atoms with Crippen LogP contribution in [-0.4, -0.2) is 35.6 Å². The van der Waals surface area contributed by atoms with Gasteiger partial charge < -0.3 is 20.3 Å². The molecule has 0 aromatic carbocycles. The van der Waals surface area contributed by atoms with Crippen molar-refractivity contribution in [1.82, 2.24) is 10.3 Å². The van der Waals surface area contributed by atoms with Crippen LogP contribution in [0.25, 0.3) is 0 Å². The van der Waals surface area contributed by atoms with Gasteiger partial charge in [0.2, 0.25) is 0 Å². The summed E-state index contributed by atoms with van der Waals surface area (Å²) in [6.07, 6.45) is 2.50. The molecule has 0 bridgehead atoms. The molecule has 2 saturated heterocycles. The maximum Gasteiger partial charge on any atom is 0.387 e. The fourth-order valence-corrected chi connectivity index (χ4v) is 3.58. The van der Waals surface area contributed by atoms with Gasteiger partial charge in [-0.15, -0.1) is 0 Å². The summed E-state index contributed by atoms with van der Waals surface area (Å²) in [6, 6.07) is 3.98. The molecule has 3 rings (SSSR count). The predicted octanol–water partition coefficient (Wildman–Crippen LogP) is 1.42. The van der Waals surface area contributed by atoms with Crippen LogP contribution < -0.4 is 10.2 Å². The normalized spacial score (nSPS) is 29.5. The Hall–Kier alpha value is -1.69. The third-order valence-corrected chi connectivity index (χ3v) is 4.38. The van der Waals surface area contributed by atoms with Gasteiger partial charge in [0.1, 0.15) is 11.9 Å². The third kappa shape index (κ3) is 1.96. The van der Waals surface area contributed by atoms with Crippen molar-refractivity contribution in [2.75, 3.05) is 24.5 Å². The molecule has 102 valence electrons. The first-order valence-electron chi connectivity index (χ1n) is 6.79. The van der Waals surface area contributed by atoms with E-state index in [4.69, 9.17) is 0 Å². The van der Waals surface area contributed by atoms with Crippen molar-refractivity contribution < 1.29 is 4.92 Å². The highest BCUT2D eigenvalue weighted by molar-refractivity contribution is 5.60. The average Bonchev–Trinajstić information content (AvgIpc) is 2.98. The van der Waals surface area contributed by atoms with Crippen LogP contribution in [0.2, 0.25) is 0 Å². The van der Waals surface area contributed by atoms with Crippen LogP contribution in [0.1, 0.15) is 13.3 Å². The first kappa shape index (κ1) is 12.3. The Morgan fingerprint density at radius 3 is 3.16 bits per heavy atom. The Balaban J connectivity index is 1.96. The average molecular weight is 262 g/mol.